The van der Waals surface area contributed by atoms with Crippen molar-refractivity contribution < 1.29 is 9.84 Å². The fraction of sp³-hybridized carbons (Fsp3) is 0.625. The molecule has 0 radical (unpaired) electrons. The van der Waals surface area contributed by atoms with Gasteiger partial charge in [-0.05, 0) is 31.2 Å². The number of piperidine rings is 1. The quantitative estimate of drug-likeness (QED) is 0.847. The monoisotopic (exact) mass is 293 g/mol. The third kappa shape index (κ3) is 4.60. The minimum absolute atomic E-state index is 0.136. The van der Waals surface area contributed by atoms with Crippen LogP contribution in [0.5, 0.6) is 0 Å². The molecule has 1 aromatic heterocycles. The van der Waals surface area contributed by atoms with Crippen molar-refractivity contribution in [2.24, 2.45) is 0 Å². The van der Waals surface area contributed by atoms with Crippen LogP contribution in [-0.2, 0) is 11.3 Å². The fourth-order valence-electron chi connectivity index (χ4n) is 2.46. The highest BCUT2D eigenvalue weighted by molar-refractivity contribution is 7.10. The van der Waals surface area contributed by atoms with Gasteiger partial charge >= 0.3 is 0 Å². The highest BCUT2D eigenvalue weighted by atomic mass is 32.1. The van der Waals surface area contributed by atoms with Gasteiger partial charge in [0.05, 0.1) is 12.7 Å². The zero-order chi connectivity index (χ0) is 14.2. The zero-order valence-electron chi connectivity index (χ0n) is 12.1. The number of hydrogen-bond acceptors (Lipinski definition) is 4. The molecule has 0 amide bonds. The van der Waals surface area contributed by atoms with Gasteiger partial charge in [0.2, 0.25) is 0 Å². The molecule has 0 atom stereocenters. The average Bonchev–Trinajstić information content (AvgIpc) is 2.89. The summed E-state index contributed by atoms with van der Waals surface area (Å²) in [6.45, 7) is 6.21. The molecule has 1 N–H and O–H groups in total. The normalized spacial score (nSPS) is 16.9. The van der Waals surface area contributed by atoms with Gasteiger partial charge in [-0.25, -0.2) is 0 Å². The molecule has 20 heavy (non-hydrogen) atoms. The van der Waals surface area contributed by atoms with E-state index in [0.717, 1.165) is 44.6 Å². The molecule has 0 aromatic carbocycles. The topological polar surface area (TPSA) is 32.7 Å². The summed E-state index contributed by atoms with van der Waals surface area (Å²) in [6.07, 6.45) is 3.26. The van der Waals surface area contributed by atoms with E-state index in [9.17, 15) is 0 Å². The second-order valence-corrected chi connectivity index (χ2v) is 5.96. The van der Waals surface area contributed by atoms with Gasteiger partial charge in [0.15, 0.2) is 0 Å². The minimum atomic E-state index is 0.136. The van der Waals surface area contributed by atoms with E-state index in [1.807, 2.05) is 0 Å². The molecule has 1 fully saturated rings. The molecular formula is C16H23NO2S. The Morgan fingerprint density at radius 2 is 2.25 bits per heavy atom. The molecule has 2 rings (SSSR count). The summed E-state index contributed by atoms with van der Waals surface area (Å²) in [7, 11) is 0. The first-order valence-corrected chi connectivity index (χ1v) is 8.21. The summed E-state index contributed by atoms with van der Waals surface area (Å²) >= 11 is 1.77. The zero-order valence-corrected chi connectivity index (χ0v) is 12.9. The highest BCUT2D eigenvalue weighted by Gasteiger charge is 2.20. The second kappa shape index (κ2) is 8.43. The van der Waals surface area contributed by atoms with Crippen LogP contribution in [0.25, 0.3) is 0 Å². The van der Waals surface area contributed by atoms with Crippen LogP contribution < -0.4 is 0 Å². The number of aliphatic hydroxyl groups excluding tert-OH is 1. The largest absolute Gasteiger partial charge is 0.395 e. The first-order valence-electron chi connectivity index (χ1n) is 7.33. The van der Waals surface area contributed by atoms with Crippen molar-refractivity contribution in [2.75, 3.05) is 26.3 Å². The molecule has 1 aliphatic rings. The summed E-state index contributed by atoms with van der Waals surface area (Å²) < 4.78 is 5.69. The predicted octanol–water partition coefficient (Wildman–Crippen LogP) is 2.48. The molecule has 0 bridgehead atoms. The molecule has 0 saturated carbocycles. The van der Waals surface area contributed by atoms with Crippen LogP contribution in [0.4, 0.5) is 0 Å². The average molecular weight is 293 g/mol. The molecule has 2 heterocycles. The van der Waals surface area contributed by atoms with Crippen LogP contribution in [0, 0.1) is 11.8 Å². The van der Waals surface area contributed by atoms with Crippen molar-refractivity contribution in [1.29, 1.82) is 0 Å². The Balaban J connectivity index is 1.86. The predicted molar refractivity (Wildman–Crippen MR) is 82.8 cm³/mol. The van der Waals surface area contributed by atoms with Gasteiger partial charge < -0.3 is 9.84 Å². The van der Waals surface area contributed by atoms with E-state index in [1.54, 1.807) is 11.3 Å². The lowest BCUT2D eigenvalue weighted by molar-refractivity contribution is 0.0127. The molecule has 0 aliphatic carbocycles. The van der Waals surface area contributed by atoms with Gasteiger partial charge in [0.25, 0.3) is 0 Å². The number of ether oxygens (including phenoxy) is 1. The van der Waals surface area contributed by atoms with Crippen molar-refractivity contribution in [2.45, 2.75) is 38.8 Å². The molecule has 1 saturated heterocycles. The fourth-order valence-corrected chi connectivity index (χ4v) is 3.33. The van der Waals surface area contributed by atoms with E-state index in [2.05, 4.69) is 35.1 Å². The van der Waals surface area contributed by atoms with Crippen molar-refractivity contribution in [1.82, 2.24) is 4.90 Å². The summed E-state index contributed by atoms with van der Waals surface area (Å²) in [5.41, 5.74) is 1.12. The summed E-state index contributed by atoms with van der Waals surface area (Å²) in [6, 6.07) is 2.08. The van der Waals surface area contributed by atoms with Gasteiger partial charge in [-0.1, -0.05) is 11.8 Å². The van der Waals surface area contributed by atoms with Crippen LogP contribution >= 0.6 is 11.3 Å². The van der Waals surface area contributed by atoms with Crippen LogP contribution in [0.2, 0.25) is 0 Å². The standard InChI is InChI=1S/C16H23NO2S/c1-2-19-15-6-9-17(10-7-15)13-16-14(8-12-20-16)5-3-4-11-18/h8,12,15,18H,2,4,6-7,9-11,13H2,1H3. The van der Waals surface area contributed by atoms with Crippen LogP contribution in [0.1, 0.15) is 36.6 Å². The summed E-state index contributed by atoms with van der Waals surface area (Å²) in [4.78, 5) is 3.82. The maximum Gasteiger partial charge on any atom is 0.0599 e. The Morgan fingerprint density at radius 1 is 1.45 bits per heavy atom. The van der Waals surface area contributed by atoms with E-state index in [-0.39, 0.29) is 6.61 Å². The lowest BCUT2D eigenvalue weighted by atomic mass is 10.1. The number of rotatable bonds is 5. The number of likely N-dealkylation sites (tertiary alicyclic amines) is 1. The summed E-state index contributed by atoms with van der Waals surface area (Å²) in [5, 5.41) is 10.9. The van der Waals surface area contributed by atoms with Crippen molar-refractivity contribution in [3.63, 3.8) is 0 Å². The highest BCUT2D eigenvalue weighted by Crippen LogP contribution is 2.21. The van der Waals surface area contributed by atoms with Gasteiger partial charge in [-0.15, -0.1) is 11.3 Å². The third-order valence-electron chi connectivity index (χ3n) is 3.51. The first kappa shape index (κ1) is 15.5. The lowest BCUT2D eigenvalue weighted by Gasteiger charge is -2.31. The van der Waals surface area contributed by atoms with Crippen molar-refractivity contribution in [3.8, 4) is 11.8 Å². The van der Waals surface area contributed by atoms with Gasteiger partial charge in [-0.3, -0.25) is 4.90 Å². The second-order valence-electron chi connectivity index (χ2n) is 4.96. The molecule has 4 heteroatoms. The maximum atomic E-state index is 8.77. The lowest BCUT2D eigenvalue weighted by Crippen LogP contribution is -2.36. The smallest absolute Gasteiger partial charge is 0.0599 e. The van der Waals surface area contributed by atoms with Crippen molar-refractivity contribution >= 4 is 11.3 Å². The van der Waals surface area contributed by atoms with E-state index < -0.39 is 0 Å². The van der Waals surface area contributed by atoms with E-state index in [4.69, 9.17) is 9.84 Å². The molecule has 110 valence electrons. The minimum Gasteiger partial charge on any atom is -0.395 e. The Bertz CT molecular complexity index is 453. The van der Waals surface area contributed by atoms with E-state index in [0.29, 0.717) is 12.5 Å². The van der Waals surface area contributed by atoms with E-state index >= 15 is 0 Å². The van der Waals surface area contributed by atoms with Crippen LogP contribution in [0.15, 0.2) is 11.4 Å². The Hall–Kier alpha value is -0.860. The SMILES string of the molecule is CCOC1CCN(Cc2sccc2C#CCCO)CC1. The molecule has 0 unspecified atom stereocenters. The number of nitrogens with zero attached hydrogens (tertiary/aromatic N) is 1. The van der Waals surface area contributed by atoms with Crippen LogP contribution in [-0.4, -0.2) is 42.4 Å². The van der Waals surface area contributed by atoms with Gasteiger partial charge in [0, 0.05) is 43.1 Å². The van der Waals surface area contributed by atoms with Gasteiger partial charge in [-0.2, -0.15) is 0 Å². The molecule has 0 spiro atoms. The first-order chi connectivity index (χ1) is 9.83. The maximum absolute atomic E-state index is 8.77. The molecule has 1 aliphatic heterocycles. The Labute approximate surface area is 125 Å². The van der Waals surface area contributed by atoms with Crippen LogP contribution in [0.3, 0.4) is 0 Å². The number of hydrogen-bond donors (Lipinski definition) is 1. The van der Waals surface area contributed by atoms with Gasteiger partial charge in [0.1, 0.15) is 0 Å². The molecule has 1 aromatic rings. The van der Waals surface area contributed by atoms with Crippen molar-refractivity contribution in [3.05, 3.63) is 21.9 Å². The number of aliphatic hydroxyl groups is 1. The Morgan fingerprint density at radius 3 is 2.95 bits per heavy atom. The summed E-state index contributed by atoms with van der Waals surface area (Å²) in [5.74, 6) is 6.17. The Kier molecular flexibility index (Phi) is 6.55. The molecule has 3 nitrogen and oxygen atoms in total. The third-order valence-corrected chi connectivity index (χ3v) is 4.42. The van der Waals surface area contributed by atoms with E-state index in [1.165, 1.54) is 4.88 Å². The molecular weight excluding hydrogens is 270 g/mol. The number of thiophene rings is 1.